The number of rotatable bonds is 1. The van der Waals surface area contributed by atoms with E-state index in [1.54, 1.807) is 6.20 Å². The lowest BCUT2D eigenvalue weighted by Crippen LogP contribution is -2.16. The van der Waals surface area contributed by atoms with Gasteiger partial charge in [-0.1, -0.05) is 0 Å². The molecule has 2 N–H and O–H groups in total. The van der Waals surface area contributed by atoms with Crippen molar-refractivity contribution in [3.05, 3.63) is 21.9 Å². The molecule has 70 valence electrons. The minimum absolute atomic E-state index is 0.314. The lowest BCUT2D eigenvalue weighted by Gasteiger charge is -2.18. The van der Waals surface area contributed by atoms with Crippen LogP contribution in [0.25, 0.3) is 0 Å². The minimum atomic E-state index is -0.715. The van der Waals surface area contributed by atoms with Crippen molar-refractivity contribution in [2.24, 2.45) is 0 Å². The molecule has 0 saturated carbocycles. The summed E-state index contributed by atoms with van der Waals surface area (Å²) in [4.78, 5) is 13.9. The van der Waals surface area contributed by atoms with Gasteiger partial charge in [0.15, 0.2) is 0 Å². The fraction of sp³-hybridized carbons (Fsp3) is 0.444. The molecule has 0 bridgehead atoms. The van der Waals surface area contributed by atoms with E-state index in [9.17, 15) is 4.79 Å². The van der Waals surface area contributed by atoms with Crippen LogP contribution in [0.15, 0.2) is 10.8 Å². The van der Waals surface area contributed by atoms with Gasteiger partial charge in [0.25, 0.3) is 0 Å². The zero-order valence-corrected chi connectivity index (χ0v) is 8.60. The SMILES string of the molecule is O=C(O)C1CCCc2c1c[nH]c2Br. The summed E-state index contributed by atoms with van der Waals surface area (Å²) in [7, 11) is 0. The molecule has 2 rings (SSSR count). The van der Waals surface area contributed by atoms with Gasteiger partial charge in [0.2, 0.25) is 0 Å². The number of hydrogen-bond donors (Lipinski definition) is 2. The third kappa shape index (κ3) is 1.39. The molecule has 0 aliphatic heterocycles. The van der Waals surface area contributed by atoms with Gasteiger partial charge in [-0.2, -0.15) is 0 Å². The third-order valence-corrected chi connectivity index (χ3v) is 3.27. The Labute approximate surface area is 84.3 Å². The molecule has 1 aliphatic carbocycles. The molecule has 1 aliphatic rings. The van der Waals surface area contributed by atoms with Crippen molar-refractivity contribution in [1.82, 2.24) is 4.98 Å². The van der Waals surface area contributed by atoms with Gasteiger partial charge < -0.3 is 10.1 Å². The Morgan fingerprint density at radius 3 is 3.15 bits per heavy atom. The largest absolute Gasteiger partial charge is 0.481 e. The number of fused-ring (bicyclic) bond motifs is 1. The first kappa shape index (κ1) is 8.81. The van der Waals surface area contributed by atoms with Crippen LogP contribution in [0.1, 0.15) is 29.9 Å². The highest BCUT2D eigenvalue weighted by Crippen LogP contribution is 2.35. The van der Waals surface area contributed by atoms with E-state index in [2.05, 4.69) is 20.9 Å². The Kier molecular flexibility index (Phi) is 2.15. The first-order chi connectivity index (χ1) is 6.20. The Bertz CT molecular complexity index is 345. The van der Waals surface area contributed by atoms with Crippen molar-refractivity contribution in [2.75, 3.05) is 0 Å². The number of carboxylic acids is 1. The van der Waals surface area contributed by atoms with Crippen LogP contribution < -0.4 is 0 Å². The van der Waals surface area contributed by atoms with E-state index in [-0.39, 0.29) is 5.92 Å². The smallest absolute Gasteiger partial charge is 0.311 e. The third-order valence-electron chi connectivity index (χ3n) is 2.56. The summed E-state index contributed by atoms with van der Waals surface area (Å²) >= 11 is 3.38. The second kappa shape index (κ2) is 3.18. The monoisotopic (exact) mass is 243 g/mol. The maximum absolute atomic E-state index is 10.9. The van der Waals surface area contributed by atoms with Gasteiger partial charge in [-0.25, -0.2) is 0 Å². The lowest BCUT2D eigenvalue weighted by molar-refractivity contribution is -0.139. The Balaban J connectivity index is 2.43. The number of aromatic amines is 1. The molecule has 0 aromatic carbocycles. The summed E-state index contributed by atoms with van der Waals surface area (Å²) in [5.41, 5.74) is 2.09. The average molecular weight is 244 g/mol. The molecule has 0 radical (unpaired) electrons. The molecular weight excluding hydrogens is 234 g/mol. The molecule has 1 atom stereocenters. The van der Waals surface area contributed by atoms with Crippen molar-refractivity contribution in [2.45, 2.75) is 25.2 Å². The van der Waals surface area contributed by atoms with Crippen LogP contribution in [-0.4, -0.2) is 16.1 Å². The van der Waals surface area contributed by atoms with Gasteiger partial charge in [0, 0.05) is 6.20 Å². The predicted molar refractivity (Wildman–Crippen MR) is 51.8 cm³/mol. The van der Waals surface area contributed by atoms with Gasteiger partial charge in [-0.15, -0.1) is 0 Å². The van der Waals surface area contributed by atoms with Crippen LogP contribution in [0.5, 0.6) is 0 Å². The lowest BCUT2D eigenvalue weighted by atomic mass is 9.86. The van der Waals surface area contributed by atoms with Gasteiger partial charge in [0.05, 0.1) is 10.5 Å². The van der Waals surface area contributed by atoms with Crippen molar-refractivity contribution in [1.29, 1.82) is 0 Å². The standard InChI is InChI=1S/C9H10BrNO2/c10-8-5-2-1-3-6(9(12)13)7(5)4-11-8/h4,6,11H,1-3H2,(H,12,13). The Hall–Kier alpha value is -0.770. The molecule has 1 heterocycles. The predicted octanol–water partition coefficient (Wildman–Crippen LogP) is 2.28. The van der Waals surface area contributed by atoms with Crippen LogP contribution >= 0.6 is 15.9 Å². The fourth-order valence-electron chi connectivity index (χ4n) is 1.90. The van der Waals surface area contributed by atoms with Crippen LogP contribution in [0, 0.1) is 0 Å². The summed E-state index contributed by atoms with van der Waals surface area (Å²) in [6.45, 7) is 0. The summed E-state index contributed by atoms with van der Waals surface area (Å²) in [6.07, 6.45) is 4.49. The normalized spacial score (nSPS) is 21.2. The summed E-state index contributed by atoms with van der Waals surface area (Å²) in [5.74, 6) is -1.03. The van der Waals surface area contributed by atoms with Crippen LogP contribution in [0.3, 0.4) is 0 Å². The van der Waals surface area contributed by atoms with Gasteiger partial charge in [-0.3, -0.25) is 4.79 Å². The van der Waals surface area contributed by atoms with Crippen LogP contribution in [0.2, 0.25) is 0 Å². The van der Waals surface area contributed by atoms with Crippen molar-refractivity contribution >= 4 is 21.9 Å². The maximum Gasteiger partial charge on any atom is 0.311 e. The number of halogens is 1. The topological polar surface area (TPSA) is 53.1 Å². The molecule has 1 aromatic heterocycles. The molecule has 3 nitrogen and oxygen atoms in total. The highest BCUT2D eigenvalue weighted by molar-refractivity contribution is 9.10. The van der Waals surface area contributed by atoms with Gasteiger partial charge in [-0.05, 0) is 46.3 Å². The van der Waals surface area contributed by atoms with Gasteiger partial charge in [0.1, 0.15) is 0 Å². The molecule has 4 heteroatoms. The number of aliphatic carboxylic acids is 1. The van der Waals surface area contributed by atoms with Crippen molar-refractivity contribution in [3.8, 4) is 0 Å². The van der Waals surface area contributed by atoms with E-state index in [0.29, 0.717) is 0 Å². The minimum Gasteiger partial charge on any atom is -0.481 e. The van der Waals surface area contributed by atoms with E-state index in [1.807, 2.05) is 0 Å². The van der Waals surface area contributed by atoms with E-state index < -0.39 is 5.97 Å². The molecular formula is C9H10BrNO2. The van der Waals surface area contributed by atoms with E-state index in [4.69, 9.17) is 5.11 Å². The molecule has 13 heavy (non-hydrogen) atoms. The quantitative estimate of drug-likeness (QED) is 0.796. The van der Waals surface area contributed by atoms with Gasteiger partial charge >= 0.3 is 5.97 Å². The second-order valence-electron chi connectivity index (χ2n) is 3.32. The molecule has 1 aromatic rings. The van der Waals surface area contributed by atoms with E-state index in [1.165, 1.54) is 0 Å². The number of carboxylic acid groups (broad SMARTS) is 1. The number of carbonyl (C=O) groups is 1. The second-order valence-corrected chi connectivity index (χ2v) is 4.11. The molecule has 0 fully saturated rings. The molecule has 0 spiro atoms. The Morgan fingerprint density at radius 1 is 1.69 bits per heavy atom. The number of hydrogen-bond acceptors (Lipinski definition) is 1. The number of aromatic nitrogens is 1. The summed E-state index contributed by atoms with van der Waals surface area (Å²) in [6, 6.07) is 0. The van der Waals surface area contributed by atoms with Crippen LogP contribution in [0.4, 0.5) is 0 Å². The van der Waals surface area contributed by atoms with Crippen molar-refractivity contribution in [3.63, 3.8) is 0 Å². The van der Waals surface area contributed by atoms with Crippen LogP contribution in [-0.2, 0) is 11.2 Å². The Morgan fingerprint density at radius 2 is 2.46 bits per heavy atom. The summed E-state index contributed by atoms with van der Waals surface area (Å²) < 4.78 is 0.938. The molecule has 1 unspecified atom stereocenters. The molecule has 0 amide bonds. The maximum atomic E-state index is 10.9. The molecule has 0 saturated heterocycles. The van der Waals surface area contributed by atoms with Crippen molar-refractivity contribution < 1.29 is 9.90 Å². The van der Waals surface area contributed by atoms with E-state index in [0.717, 1.165) is 35.0 Å². The number of H-pyrrole nitrogens is 1. The average Bonchev–Trinajstić information content (AvgIpc) is 2.48. The zero-order chi connectivity index (χ0) is 9.42. The van der Waals surface area contributed by atoms with E-state index >= 15 is 0 Å². The summed E-state index contributed by atoms with van der Waals surface area (Å²) in [5, 5.41) is 8.97. The highest BCUT2D eigenvalue weighted by atomic mass is 79.9. The number of nitrogens with one attached hydrogen (secondary N) is 1. The highest BCUT2D eigenvalue weighted by Gasteiger charge is 2.28. The first-order valence-electron chi connectivity index (χ1n) is 4.28. The fourth-order valence-corrected chi connectivity index (χ4v) is 2.44. The first-order valence-corrected chi connectivity index (χ1v) is 5.08. The zero-order valence-electron chi connectivity index (χ0n) is 7.01.